The number of anilines is 3. The van der Waals surface area contributed by atoms with Gasteiger partial charge in [0, 0.05) is 24.4 Å². The van der Waals surface area contributed by atoms with Gasteiger partial charge in [0.1, 0.15) is 11.6 Å². The van der Waals surface area contributed by atoms with Crippen molar-refractivity contribution in [3.63, 3.8) is 0 Å². The van der Waals surface area contributed by atoms with Gasteiger partial charge in [-0.25, -0.2) is 14.2 Å². The predicted molar refractivity (Wildman–Crippen MR) is 99.7 cm³/mol. The van der Waals surface area contributed by atoms with E-state index in [0.717, 1.165) is 36.2 Å². The quantitative estimate of drug-likeness (QED) is 0.869. The van der Waals surface area contributed by atoms with Crippen LogP contribution in [0.2, 0.25) is 0 Å². The number of carbonyl (C=O) groups is 1. The molecule has 0 bridgehead atoms. The second-order valence-corrected chi connectivity index (χ2v) is 6.88. The molecule has 3 N–H and O–H groups in total. The third-order valence-corrected chi connectivity index (χ3v) is 5.10. The highest BCUT2D eigenvalue weighted by atomic mass is 19.1. The summed E-state index contributed by atoms with van der Waals surface area (Å²) in [6, 6.07) is 6.39. The Labute approximate surface area is 151 Å². The number of pyridine rings is 1. The number of aryl methyl sites for hydroxylation is 1. The highest BCUT2D eigenvalue weighted by Crippen LogP contribution is 2.36. The minimum Gasteiger partial charge on any atom is -0.384 e. The summed E-state index contributed by atoms with van der Waals surface area (Å²) in [6.07, 6.45) is 3.57. The molecule has 7 heteroatoms. The van der Waals surface area contributed by atoms with E-state index in [9.17, 15) is 9.18 Å². The number of amides is 2. The lowest BCUT2D eigenvalue weighted by molar-refractivity contribution is 0.245. The number of rotatable bonds is 2. The zero-order chi connectivity index (χ0) is 18.3. The van der Waals surface area contributed by atoms with Crippen molar-refractivity contribution in [3.8, 4) is 0 Å². The summed E-state index contributed by atoms with van der Waals surface area (Å²) in [4.78, 5) is 20.8. The number of nitrogens with one attached hydrogen (secondary N) is 1. The van der Waals surface area contributed by atoms with Crippen molar-refractivity contribution in [3.05, 3.63) is 47.4 Å². The third kappa shape index (κ3) is 2.78. The zero-order valence-corrected chi connectivity index (χ0v) is 14.7. The summed E-state index contributed by atoms with van der Waals surface area (Å²) in [7, 11) is 0. The molecule has 1 fully saturated rings. The Morgan fingerprint density at radius 1 is 1.38 bits per heavy atom. The van der Waals surface area contributed by atoms with Crippen molar-refractivity contribution in [2.45, 2.75) is 32.4 Å². The number of carbonyl (C=O) groups excluding carboxylic acids is 1. The summed E-state index contributed by atoms with van der Waals surface area (Å²) in [5.41, 5.74) is 8.58. The fourth-order valence-electron chi connectivity index (χ4n) is 3.85. The number of para-hydroxylation sites is 1. The number of halogens is 1. The normalized spacial score (nSPS) is 20.2. The second kappa shape index (κ2) is 6.57. The minimum absolute atomic E-state index is 0.00618. The third-order valence-electron chi connectivity index (χ3n) is 5.10. The largest absolute Gasteiger partial charge is 0.384 e. The highest BCUT2D eigenvalue weighted by Gasteiger charge is 2.38. The first-order chi connectivity index (χ1) is 12.6. The van der Waals surface area contributed by atoms with Gasteiger partial charge in [-0.2, -0.15) is 0 Å². The molecule has 136 valence electrons. The Kier molecular flexibility index (Phi) is 4.24. The van der Waals surface area contributed by atoms with Crippen molar-refractivity contribution < 1.29 is 9.18 Å². The van der Waals surface area contributed by atoms with Gasteiger partial charge in [0.05, 0.1) is 24.0 Å². The SMILES string of the molecule is Cc1cccc(F)c1N1Cc2cnc(N)cc2N(C2CCCNC2)C1=O. The standard InChI is InChI=1S/C19H22FN5O/c1-12-4-2-6-15(20)18(12)24-11-13-9-23-17(21)8-16(13)25(19(24)26)14-5-3-7-22-10-14/h2,4,6,8-9,14,22H,3,5,7,10-11H2,1H3,(H2,21,23). The molecular formula is C19H22FN5O. The first-order valence-electron chi connectivity index (χ1n) is 8.87. The Bertz CT molecular complexity index is 830. The monoisotopic (exact) mass is 355 g/mol. The van der Waals surface area contributed by atoms with E-state index in [4.69, 9.17) is 5.73 Å². The van der Waals surface area contributed by atoms with Crippen LogP contribution in [0.4, 0.5) is 26.4 Å². The summed E-state index contributed by atoms with van der Waals surface area (Å²) in [5.74, 6) is -0.0206. The lowest BCUT2D eigenvalue weighted by Crippen LogP contribution is -2.56. The maximum atomic E-state index is 14.6. The van der Waals surface area contributed by atoms with Gasteiger partial charge >= 0.3 is 6.03 Å². The number of benzene rings is 1. The van der Waals surface area contributed by atoms with Crippen LogP contribution >= 0.6 is 0 Å². The lowest BCUT2D eigenvalue weighted by Gasteiger charge is -2.42. The van der Waals surface area contributed by atoms with E-state index in [1.165, 1.54) is 11.0 Å². The summed E-state index contributed by atoms with van der Waals surface area (Å²) >= 11 is 0. The van der Waals surface area contributed by atoms with E-state index in [2.05, 4.69) is 10.3 Å². The smallest absolute Gasteiger partial charge is 0.329 e. The molecule has 2 aliphatic heterocycles. The van der Waals surface area contributed by atoms with Gasteiger partial charge in [0.15, 0.2) is 0 Å². The first-order valence-corrected chi connectivity index (χ1v) is 8.87. The molecule has 4 rings (SSSR count). The summed E-state index contributed by atoms with van der Waals surface area (Å²) in [5, 5.41) is 3.34. The fourth-order valence-corrected chi connectivity index (χ4v) is 3.85. The van der Waals surface area contributed by atoms with Gasteiger partial charge < -0.3 is 11.1 Å². The highest BCUT2D eigenvalue weighted by molar-refractivity contribution is 6.07. The topological polar surface area (TPSA) is 74.5 Å². The maximum absolute atomic E-state index is 14.6. The van der Waals surface area contributed by atoms with Crippen molar-refractivity contribution in [2.24, 2.45) is 0 Å². The van der Waals surface area contributed by atoms with Crippen molar-refractivity contribution in [1.29, 1.82) is 0 Å². The number of hydrogen-bond acceptors (Lipinski definition) is 4. The van der Waals surface area contributed by atoms with Gasteiger partial charge in [-0.15, -0.1) is 0 Å². The molecular weight excluding hydrogens is 333 g/mol. The molecule has 0 aliphatic carbocycles. The number of fused-ring (bicyclic) bond motifs is 1. The van der Waals surface area contributed by atoms with Crippen molar-refractivity contribution in [1.82, 2.24) is 10.3 Å². The molecule has 1 unspecified atom stereocenters. The minimum atomic E-state index is -0.396. The molecule has 2 aliphatic rings. The summed E-state index contributed by atoms with van der Waals surface area (Å²) in [6.45, 7) is 3.74. The van der Waals surface area contributed by atoms with Crippen LogP contribution in [0.1, 0.15) is 24.0 Å². The fraction of sp³-hybridized carbons (Fsp3) is 0.368. The molecule has 0 spiro atoms. The van der Waals surface area contributed by atoms with Crippen LogP contribution in [0.25, 0.3) is 0 Å². The van der Waals surface area contributed by atoms with Crippen LogP contribution < -0.4 is 20.9 Å². The number of aromatic nitrogens is 1. The van der Waals surface area contributed by atoms with Gasteiger partial charge in [0.25, 0.3) is 0 Å². The molecule has 2 amide bonds. The molecule has 1 aromatic heterocycles. The molecule has 1 atom stereocenters. The molecule has 0 saturated carbocycles. The molecule has 2 aromatic rings. The van der Waals surface area contributed by atoms with Crippen molar-refractivity contribution >= 4 is 23.2 Å². The first kappa shape index (κ1) is 16.8. The Morgan fingerprint density at radius 2 is 2.23 bits per heavy atom. The van der Waals surface area contributed by atoms with Crippen molar-refractivity contribution in [2.75, 3.05) is 28.6 Å². The number of nitrogens with two attached hydrogens (primary N) is 1. The zero-order valence-electron chi connectivity index (χ0n) is 14.7. The van der Waals surface area contributed by atoms with E-state index in [1.807, 2.05) is 13.0 Å². The molecule has 6 nitrogen and oxygen atoms in total. The van der Waals surface area contributed by atoms with Crippen LogP contribution in [0.15, 0.2) is 30.5 Å². The van der Waals surface area contributed by atoms with Crippen LogP contribution in [0.3, 0.4) is 0 Å². The average molecular weight is 355 g/mol. The van der Waals surface area contributed by atoms with Gasteiger partial charge in [-0.1, -0.05) is 12.1 Å². The predicted octanol–water partition coefficient (Wildman–Crippen LogP) is 2.81. The van der Waals surface area contributed by atoms with E-state index >= 15 is 0 Å². The van der Waals surface area contributed by atoms with Gasteiger partial charge in [0.2, 0.25) is 0 Å². The Balaban J connectivity index is 1.82. The number of urea groups is 1. The van der Waals surface area contributed by atoms with E-state index < -0.39 is 5.82 Å². The second-order valence-electron chi connectivity index (χ2n) is 6.88. The molecule has 1 saturated heterocycles. The van der Waals surface area contributed by atoms with E-state index in [0.29, 0.717) is 18.1 Å². The molecule has 26 heavy (non-hydrogen) atoms. The number of nitrogen functional groups attached to an aromatic ring is 1. The molecule has 0 radical (unpaired) electrons. The summed E-state index contributed by atoms with van der Waals surface area (Å²) < 4.78 is 14.6. The number of nitrogens with zero attached hydrogens (tertiary/aromatic N) is 3. The Hall–Kier alpha value is -2.67. The van der Waals surface area contributed by atoms with Crippen LogP contribution in [0.5, 0.6) is 0 Å². The maximum Gasteiger partial charge on any atom is 0.329 e. The van der Waals surface area contributed by atoms with E-state index in [1.54, 1.807) is 23.2 Å². The van der Waals surface area contributed by atoms with Gasteiger partial charge in [-0.3, -0.25) is 9.80 Å². The van der Waals surface area contributed by atoms with Gasteiger partial charge in [-0.05, 0) is 37.9 Å². The number of hydrogen-bond donors (Lipinski definition) is 2. The average Bonchev–Trinajstić information content (AvgIpc) is 2.63. The number of piperidine rings is 1. The molecule has 3 heterocycles. The van der Waals surface area contributed by atoms with Crippen LogP contribution in [-0.2, 0) is 6.54 Å². The molecule has 1 aromatic carbocycles. The lowest BCUT2D eigenvalue weighted by atomic mass is 10.0. The van der Waals surface area contributed by atoms with Crippen LogP contribution in [0, 0.1) is 12.7 Å². The van der Waals surface area contributed by atoms with E-state index in [-0.39, 0.29) is 18.6 Å². The Morgan fingerprint density at radius 3 is 2.96 bits per heavy atom. The van der Waals surface area contributed by atoms with Crippen LogP contribution in [-0.4, -0.2) is 30.1 Å².